The average Bonchev–Trinajstić information content (AvgIpc) is 2.21. The Kier molecular flexibility index (Phi) is 7.11. The molecule has 0 aromatic carbocycles. The number of rotatable bonds is 6. The number of hydrazine groups is 1. The Balaban J connectivity index is 4.05. The van der Waals surface area contributed by atoms with Crippen LogP contribution in [0, 0.1) is 0 Å². The molecular weight excluding hydrogens is 176 g/mol. The van der Waals surface area contributed by atoms with Crippen molar-refractivity contribution in [2.45, 2.75) is 40.5 Å². The largest absolute Gasteiger partial charge is 0.285 e. The van der Waals surface area contributed by atoms with Crippen molar-refractivity contribution in [3.05, 3.63) is 11.6 Å². The van der Waals surface area contributed by atoms with Gasteiger partial charge in [0.25, 0.3) is 5.91 Å². The molecule has 0 radical (unpaired) electrons. The van der Waals surface area contributed by atoms with Crippen molar-refractivity contribution in [2.75, 3.05) is 13.1 Å². The lowest BCUT2D eigenvalue weighted by Crippen LogP contribution is -2.42. The van der Waals surface area contributed by atoms with Gasteiger partial charge >= 0.3 is 0 Å². The lowest BCUT2D eigenvalue weighted by Gasteiger charge is -2.19. The van der Waals surface area contributed by atoms with Crippen LogP contribution < -0.4 is 5.43 Å². The standard InChI is InChI=1S/C11H22N2O/c1-5-8-9-10(4)11(14)12-13(6-2)7-3/h9H,5-8H2,1-4H3,(H,12,14). The molecule has 0 bridgehead atoms. The van der Waals surface area contributed by atoms with Gasteiger partial charge < -0.3 is 0 Å². The smallest absolute Gasteiger partial charge is 0.260 e. The zero-order chi connectivity index (χ0) is 11.0. The first-order valence-corrected chi connectivity index (χ1v) is 5.38. The molecule has 82 valence electrons. The van der Waals surface area contributed by atoms with Gasteiger partial charge in [-0.25, -0.2) is 5.01 Å². The molecule has 0 saturated heterocycles. The molecule has 1 amide bonds. The van der Waals surface area contributed by atoms with Crippen LogP contribution >= 0.6 is 0 Å². The number of nitrogens with zero attached hydrogens (tertiary/aromatic N) is 1. The summed E-state index contributed by atoms with van der Waals surface area (Å²) >= 11 is 0. The molecule has 0 unspecified atom stereocenters. The number of amides is 1. The molecule has 0 saturated carbocycles. The van der Waals surface area contributed by atoms with Crippen LogP contribution in [0.2, 0.25) is 0 Å². The highest BCUT2D eigenvalue weighted by molar-refractivity contribution is 5.92. The Bertz CT molecular complexity index is 195. The zero-order valence-electron chi connectivity index (χ0n) is 9.76. The van der Waals surface area contributed by atoms with Crippen molar-refractivity contribution >= 4 is 5.91 Å². The van der Waals surface area contributed by atoms with E-state index in [1.165, 1.54) is 0 Å². The molecule has 3 heteroatoms. The fraction of sp³-hybridized carbons (Fsp3) is 0.727. The minimum atomic E-state index is 0.0159. The van der Waals surface area contributed by atoms with Gasteiger partial charge in [0, 0.05) is 18.7 Å². The van der Waals surface area contributed by atoms with E-state index in [2.05, 4.69) is 12.3 Å². The third kappa shape index (κ3) is 5.02. The van der Waals surface area contributed by atoms with Crippen LogP contribution in [-0.4, -0.2) is 24.0 Å². The van der Waals surface area contributed by atoms with Gasteiger partial charge in [0.1, 0.15) is 0 Å². The Morgan fingerprint density at radius 1 is 1.29 bits per heavy atom. The van der Waals surface area contributed by atoms with Crippen molar-refractivity contribution in [3.63, 3.8) is 0 Å². The van der Waals surface area contributed by atoms with E-state index in [1.807, 2.05) is 31.9 Å². The average molecular weight is 198 g/mol. The van der Waals surface area contributed by atoms with E-state index in [-0.39, 0.29) is 5.91 Å². The third-order valence-electron chi connectivity index (χ3n) is 2.12. The molecule has 0 aliphatic heterocycles. The summed E-state index contributed by atoms with van der Waals surface area (Å²) in [6, 6.07) is 0. The van der Waals surface area contributed by atoms with Crippen LogP contribution in [0.5, 0.6) is 0 Å². The number of carbonyl (C=O) groups is 1. The van der Waals surface area contributed by atoms with Crippen molar-refractivity contribution < 1.29 is 4.79 Å². The number of carbonyl (C=O) groups excluding carboxylic acids is 1. The number of allylic oxidation sites excluding steroid dienone is 1. The molecule has 0 heterocycles. The summed E-state index contributed by atoms with van der Waals surface area (Å²) in [7, 11) is 0. The quantitative estimate of drug-likeness (QED) is 0.523. The maximum Gasteiger partial charge on any atom is 0.260 e. The summed E-state index contributed by atoms with van der Waals surface area (Å²) in [4.78, 5) is 11.6. The predicted octanol–water partition coefficient (Wildman–Crippen LogP) is 2.11. The second-order valence-electron chi connectivity index (χ2n) is 3.29. The highest BCUT2D eigenvalue weighted by atomic mass is 16.2. The first-order valence-electron chi connectivity index (χ1n) is 5.38. The van der Waals surface area contributed by atoms with Crippen molar-refractivity contribution in [1.82, 2.24) is 10.4 Å². The second-order valence-corrected chi connectivity index (χ2v) is 3.29. The van der Waals surface area contributed by atoms with Gasteiger partial charge in [-0.05, 0) is 13.3 Å². The number of hydrogen-bond donors (Lipinski definition) is 1. The van der Waals surface area contributed by atoms with E-state index in [9.17, 15) is 4.79 Å². The molecule has 0 aliphatic rings. The van der Waals surface area contributed by atoms with E-state index in [0.29, 0.717) is 0 Å². The topological polar surface area (TPSA) is 32.3 Å². The molecule has 3 nitrogen and oxygen atoms in total. The fourth-order valence-electron chi connectivity index (χ4n) is 1.07. The normalized spacial score (nSPS) is 11.9. The van der Waals surface area contributed by atoms with Crippen molar-refractivity contribution in [3.8, 4) is 0 Å². The third-order valence-corrected chi connectivity index (χ3v) is 2.12. The van der Waals surface area contributed by atoms with Crippen molar-refractivity contribution in [1.29, 1.82) is 0 Å². The van der Waals surface area contributed by atoms with Gasteiger partial charge in [0.15, 0.2) is 0 Å². The minimum absolute atomic E-state index is 0.0159. The Morgan fingerprint density at radius 3 is 2.29 bits per heavy atom. The monoisotopic (exact) mass is 198 g/mol. The van der Waals surface area contributed by atoms with Gasteiger partial charge in [0.05, 0.1) is 0 Å². The molecule has 1 N–H and O–H groups in total. The van der Waals surface area contributed by atoms with Crippen LogP contribution in [-0.2, 0) is 4.79 Å². The minimum Gasteiger partial charge on any atom is -0.285 e. The van der Waals surface area contributed by atoms with E-state index < -0.39 is 0 Å². The van der Waals surface area contributed by atoms with Crippen LogP contribution in [0.25, 0.3) is 0 Å². The Hall–Kier alpha value is -0.830. The first-order chi connectivity index (χ1) is 6.65. The molecule has 14 heavy (non-hydrogen) atoms. The van der Waals surface area contributed by atoms with Gasteiger partial charge in [-0.3, -0.25) is 10.2 Å². The molecule has 0 aromatic rings. The first kappa shape index (κ1) is 13.2. The summed E-state index contributed by atoms with van der Waals surface area (Å²) in [5.41, 5.74) is 3.66. The molecule has 0 spiro atoms. The molecular formula is C11H22N2O. The lowest BCUT2D eigenvalue weighted by atomic mass is 10.2. The van der Waals surface area contributed by atoms with E-state index in [0.717, 1.165) is 31.5 Å². The van der Waals surface area contributed by atoms with Gasteiger partial charge in [0.2, 0.25) is 0 Å². The Labute approximate surface area is 87.1 Å². The second kappa shape index (κ2) is 7.56. The van der Waals surface area contributed by atoms with E-state index >= 15 is 0 Å². The Morgan fingerprint density at radius 2 is 1.86 bits per heavy atom. The van der Waals surface area contributed by atoms with Crippen LogP contribution in [0.3, 0.4) is 0 Å². The van der Waals surface area contributed by atoms with Crippen LogP contribution in [0.4, 0.5) is 0 Å². The van der Waals surface area contributed by atoms with E-state index in [4.69, 9.17) is 0 Å². The zero-order valence-corrected chi connectivity index (χ0v) is 9.76. The summed E-state index contributed by atoms with van der Waals surface area (Å²) in [5.74, 6) is 0.0159. The molecule has 0 aliphatic carbocycles. The fourth-order valence-corrected chi connectivity index (χ4v) is 1.07. The van der Waals surface area contributed by atoms with Crippen molar-refractivity contribution in [2.24, 2.45) is 0 Å². The molecule has 0 fully saturated rings. The number of nitrogens with one attached hydrogen (secondary N) is 1. The molecule has 0 aromatic heterocycles. The number of hydrogen-bond acceptors (Lipinski definition) is 2. The summed E-state index contributed by atoms with van der Waals surface area (Å²) in [5, 5.41) is 1.89. The van der Waals surface area contributed by atoms with Gasteiger partial charge in [-0.15, -0.1) is 0 Å². The predicted molar refractivity (Wildman–Crippen MR) is 59.7 cm³/mol. The maximum atomic E-state index is 11.6. The van der Waals surface area contributed by atoms with Gasteiger partial charge in [-0.2, -0.15) is 0 Å². The molecule has 0 atom stereocenters. The lowest BCUT2D eigenvalue weighted by molar-refractivity contribution is -0.122. The highest BCUT2D eigenvalue weighted by Crippen LogP contribution is 1.98. The highest BCUT2D eigenvalue weighted by Gasteiger charge is 2.06. The molecule has 0 rings (SSSR count). The summed E-state index contributed by atoms with van der Waals surface area (Å²) < 4.78 is 0. The number of unbranched alkanes of at least 4 members (excludes halogenated alkanes) is 1. The maximum absolute atomic E-state index is 11.6. The van der Waals surface area contributed by atoms with Crippen LogP contribution in [0.15, 0.2) is 11.6 Å². The summed E-state index contributed by atoms with van der Waals surface area (Å²) in [6.07, 6.45) is 4.03. The summed E-state index contributed by atoms with van der Waals surface area (Å²) in [6.45, 7) is 9.68. The van der Waals surface area contributed by atoms with E-state index in [1.54, 1.807) is 0 Å². The van der Waals surface area contributed by atoms with Gasteiger partial charge in [-0.1, -0.05) is 33.3 Å². The SMILES string of the molecule is CCCC=C(C)C(=O)NN(CC)CC. The van der Waals surface area contributed by atoms with Crippen LogP contribution in [0.1, 0.15) is 40.5 Å².